The summed E-state index contributed by atoms with van der Waals surface area (Å²) in [5.74, 6) is -2.56. The monoisotopic (exact) mass is 255 g/mol. The molecule has 18 heavy (non-hydrogen) atoms. The Bertz CT molecular complexity index is 446. The van der Waals surface area contributed by atoms with Crippen LogP contribution in [0.1, 0.15) is 31.2 Å². The number of aromatic hydroxyl groups is 3. The summed E-state index contributed by atoms with van der Waals surface area (Å²) in [6.45, 7) is 1.78. The number of carboxylic acid groups (broad SMARTS) is 1. The lowest BCUT2D eigenvalue weighted by Gasteiger charge is -2.20. The van der Waals surface area contributed by atoms with E-state index in [0.29, 0.717) is 6.42 Å². The first-order valence-corrected chi connectivity index (χ1v) is 5.60. The van der Waals surface area contributed by atoms with Crippen LogP contribution >= 0.6 is 0 Å². The maximum atomic E-state index is 10.7. The van der Waals surface area contributed by atoms with E-state index in [4.69, 9.17) is 10.8 Å². The van der Waals surface area contributed by atoms with Gasteiger partial charge in [-0.25, -0.2) is 0 Å². The molecule has 0 aliphatic carbocycles. The van der Waals surface area contributed by atoms with Gasteiger partial charge in [-0.1, -0.05) is 6.92 Å². The summed E-state index contributed by atoms with van der Waals surface area (Å²) >= 11 is 0. The Morgan fingerprint density at radius 1 is 1.28 bits per heavy atom. The fourth-order valence-electron chi connectivity index (χ4n) is 1.88. The Morgan fingerprint density at radius 3 is 2.33 bits per heavy atom. The van der Waals surface area contributed by atoms with E-state index in [0.717, 1.165) is 6.07 Å². The highest BCUT2D eigenvalue weighted by Gasteiger charge is 2.25. The molecule has 1 rings (SSSR count). The van der Waals surface area contributed by atoms with Gasteiger partial charge in [-0.05, 0) is 30.9 Å². The zero-order chi connectivity index (χ0) is 13.9. The molecular formula is C12H17NO5. The second-order valence-electron chi connectivity index (χ2n) is 4.15. The standard InChI is InChI=1S/C12H17NO5/c1-2-6(5-7(13)12(17)18)10-8(14)3-4-9(15)11(10)16/h3-4,6-7,14-16H,2,5,13H2,1H3,(H,17,18). The van der Waals surface area contributed by atoms with Crippen molar-refractivity contribution in [3.63, 3.8) is 0 Å². The number of hydrogen-bond acceptors (Lipinski definition) is 5. The average Bonchev–Trinajstić information content (AvgIpc) is 2.32. The van der Waals surface area contributed by atoms with Crippen LogP contribution in [0.5, 0.6) is 17.2 Å². The van der Waals surface area contributed by atoms with Crippen LogP contribution in [0.3, 0.4) is 0 Å². The van der Waals surface area contributed by atoms with Gasteiger partial charge in [-0.2, -0.15) is 0 Å². The number of nitrogens with two attached hydrogens (primary N) is 1. The fraction of sp³-hybridized carbons (Fsp3) is 0.417. The number of aliphatic carboxylic acids is 1. The van der Waals surface area contributed by atoms with E-state index in [1.165, 1.54) is 6.07 Å². The third kappa shape index (κ3) is 2.84. The second-order valence-corrected chi connectivity index (χ2v) is 4.15. The highest BCUT2D eigenvalue weighted by atomic mass is 16.4. The highest BCUT2D eigenvalue weighted by Crippen LogP contribution is 2.42. The molecule has 2 unspecified atom stereocenters. The van der Waals surface area contributed by atoms with Crippen molar-refractivity contribution in [2.45, 2.75) is 31.7 Å². The zero-order valence-corrected chi connectivity index (χ0v) is 10.00. The largest absolute Gasteiger partial charge is 0.508 e. The van der Waals surface area contributed by atoms with Gasteiger partial charge in [-0.3, -0.25) is 4.79 Å². The van der Waals surface area contributed by atoms with E-state index in [2.05, 4.69) is 0 Å². The lowest BCUT2D eigenvalue weighted by Crippen LogP contribution is -2.31. The van der Waals surface area contributed by atoms with E-state index in [1.54, 1.807) is 6.92 Å². The third-order valence-corrected chi connectivity index (χ3v) is 2.93. The minimum absolute atomic E-state index is 0.0659. The quantitative estimate of drug-likeness (QED) is 0.396. The van der Waals surface area contributed by atoms with E-state index in [9.17, 15) is 20.1 Å². The predicted octanol–water partition coefficient (Wildman–Crippen LogP) is 1.10. The van der Waals surface area contributed by atoms with Gasteiger partial charge in [0.1, 0.15) is 11.8 Å². The summed E-state index contributed by atoms with van der Waals surface area (Å²) in [4.78, 5) is 10.7. The molecule has 0 saturated carbocycles. The van der Waals surface area contributed by atoms with Gasteiger partial charge in [0, 0.05) is 5.56 Å². The number of hydrogen-bond donors (Lipinski definition) is 5. The van der Waals surface area contributed by atoms with Crippen LogP contribution in [0.25, 0.3) is 0 Å². The molecule has 6 heteroatoms. The van der Waals surface area contributed by atoms with Gasteiger partial charge in [0.05, 0.1) is 0 Å². The summed E-state index contributed by atoms with van der Waals surface area (Å²) in [5.41, 5.74) is 5.58. The van der Waals surface area contributed by atoms with Crippen molar-refractivity contribution in [3.05, 3.63) is 17.7 Å². The molecule has 100 valence electrons. The summed E-state index contributed by atoms with van der Waals surface area (Å²) in [6.07, 6.45) is 0.544. The van der Waals surface area contributed by atoms with Crippen molar-refractivity contribution < 1.29 is 25.2 Å². The first kappa shape index (κ1) is 14.1. The lowest BCUT2D eigenvalue weighted by atomic mass is 9.88. The van der Waals surface area contributed by atoms with Gasteiger partial charge in [-0.15, -0.1) is 0 Å². The smallest absolute Gasteiger partial charge is 0.320 e. The molecular weight excluding hydrogens is 238 g/mol. The van der Waals surface area contributed by atoms with Crippen molar-refractivity contribution in [3.8, 4) is 17.2 Å². The number of phenolic OH excluding ortho intramolecular Hbond substituents is 3. The minimum Gasteiger partial charge on any atom is -0.508 e. The fourth-order valence-corrected chi connectivity index (χ4v) is 1.88. The molecule has 6 N–H and O–H groups in total. The van der Waals surface area contributed by atoms with Crippen molar-refractivity contribution >= 4 is 5.97 Å². The van der Waals surface area contributed by atoms with Crippen molar-refractivity contribution in [1.29, 1.82) is 0 Å². The van der Waals surface area contributed by atoms with Crippen molar-refractivity contribution in [2.24, 2.45) is 5.73 Å². The molecule has 0 amide bonds. The van der Waals surface area contributed by atoms with Gasteiger partial charge < -0.3 is 26.2 Å². The topological polar surface area (TPSA) is 124 Å². The highest BCUT2D eigenvalue weighted by molar-refractivity contribution is 5.73. The van der Waals surface area contributed by atoms with Crippen LogP contribution in [0, 0.1) is 0 Å². The van der Waals surface area contributed by atoms with E-state index in [1.807, 2.05) is 0 Å². The Balaban J connectivity index is 3.09. The Kier molecular flexibility index (Phi) is 4.38. The molecule has 1 aromatic rings. The first-order chi connectivity index (χ1) is 8.38. The molecule has 0 aliphatic rings. The molecule has 0 aromatic heterocycles. The summed E-state index contributed by atoms with van der Waals surface area (Å²) in [6, 6.07) is 1.33. The lowest BCUT2D eigenvalue weighted by molar-refractivity contribution is -0.138. The van der Waals surface area contributed by atoms with E-state index in [-0.39, 0.29) is 23.5 Å². The summed E-state index contributed by atoms with van der Waals surface area (Å²) in [7, 11) is 0. The molecule has 0 aliphatic heterocycles. The number of carboxylic acids is 1. The van der Waals surface area contributed by atoms with Gasteiger partial charge >= 0.3 is 5.97 Å². The Labute approximate surface area is 104 Å². The summed E-state index contributed by atoms with van der Waals surface area (Å²) in [5, 5.41) is 37.6. The normalized spacial score (nSPS) is 14.1. The second kappa shape index (κ2) is 5.59. The van der Waals surface area contributed by atoms with Crippen LogP contribution in [-0.2, 0) is 4.79 Å². The Hall–Kier alpha value is -1.95. The van der Waals surface area contributed by atoms with Gasteiger partial charge in [0.15, 0.2) is 11.5 Å². The molecule has 0 spiro atoms. The Morgan fingerprint density at radius 2 is 1.83 bits per heavy atom. The van der Waals surface area contributed by atoms with Crippen LogP contribution in [0.15, 0.2) is 12.1 Å². The van der Waals surface area contributed by atoms with E-state index >= 15 is 0 Å². The third-order valence-electron chi connectivity index (χ3n) is 2.93. The number of benzene rings is 1. The number of carbonyl (C=O) groups is 1. The maximum Gasteiger partial charge on any atom is 0.320 e. The van der Waals surface area contributed by atoms with Crippen LogP contribution in [0.4, 0.5) is 0 Å². The maximum absolute atomic E-state index is 10.7. The van der Waals surface area contributed by atoms with Crippen LogP contribution < -0.4 is 5.73 Å². The first-order valence-electron chi connectivity index (χ1n) is 5.60. The minimum atomic E-state index is -1.15. The molecule has 0 bridgehead atoms. The molecule has 0 radical (unpaired) electrons. The van der Waals surface area contributed by atoms with Crippen molar-refractivity contribution in [1.82, 2.24) is 0 Å². The SMILES string of the molecule is CCC(CC(N)C(=O)O)c1c(O)ccc(O)c1O. The molecule has 1 aromatic carbocycles. The molecule has 0 saturated heterocycles. The molecule has 6 nitrogen and oxygen atoms in total. The molecule has 0 heterocycles. The number of phenols is 3. The van der Waals surface area contributed by atoms with Crippen LogP contribution in [-0.4, -0.2) is 32.4 Å². The average molecular weight is 255 g/mol. The molecule has 2 atom stereocenters. The van der Waals surface area contributed by atoms with Crippen LogP contribution in [0.2, 0.25) is 0 Å². The van der Waals surface area contributed by atoms with Gasteiger partial charge in [0.25, 0.3) is 0 Å². The van der Waals surface area contributed by atoms with Gasteiger partial charge in [0.2, 0.25) is 0 Å². The van der Waals surface area contributed by atoms with E-state index < -0.39 is 23.7 Å². The predicted molar refractivity (Wildman–Crippen MR) is 64.7 cm³/mol. The summed E-state index contributed by atoms with van der Waals surface area (Å²) < 4.78 is 0. The molecule has 0 fully saturated rings. The van der Waals surface area contributed by atoms with Crippen molar-refractivity contribution in [2.75, 3.05) is 0 Å². The zero-order valence-electron chi connectivity index (χ0n) is 10.00. The number of rotatable bonds is 5.